The van der Waals surface area contributed by atoms with Gasteiger partial charge in [0.2, 0.25) is 0 Å². The van der Waals surface area contributed by atoms with Crippen molar-refractivity contribution in [2.24, 2.45) is 4.99 Å². The van der Waals surface area contributed by atoms with Crippen molar-refractivity contribution < 1.29 is 18.0 Å². The van der Waals surface area contributed by atoms with Gasteiger partial charge < -0.3 is 5.32 Å². The molecular weight excluding hydrogens is 301 g/mol. The molecule has 0 radical (unpaired) electrons. The Balaban J connectivity index is 2.10. The Bertz CT molecular complexity index is 583. The molecule has 0 aliphatic carbocycles. The van der Waals surface area contributed by atoms with Gasteiger partial charge in [-0.25, -0.2) is 13.2 Å². The minimum Gasteiger partial charge on any atom is -0.358 e. The number of carbonyl (C=O) groups is 1. The van der Waals surface area contributed by atoms with Crippen LogP contribution >= 0.6 is 11.8 Å². The summed E-state index contributed by atoms with van der Waals surface area (Å²) >= 11 is 0.719. The lowest BCUT2D eigenvalue weighted by molar-refractivity contribution is -0.128. The number of thioether (sulfide) groups is 1. The van der Waals surface area contributed by atoms with Gasteiger partial charge in [-0.15, -0.1) is 0 Å². The molecule has 1 N–H and O–H groups in total. The number of alkyl halides is 2. The highest BCUT2D eigenvalue weighted by Crippen LogP contribution is 2.45. The number of nitrogens with zero attached hydrogens (tertiary/aromatic N) is 1. The van der Waals surface area contributed by atoms with E-state index in [1.807, 2.05) is 0 Å². The number of hydrogen-bond acceptors (Lipinski definition) is 3. The number of amides is 1. The van der Waals surface area contributed by atoms with Gasteiger partial charge in [-0.2, -0.15) is 4.99 Å². The minimum atomic E-state index is -3.18. The van der Waals surface area contributed by atoms with Crippen LogP contribution in [0, 0.1) is 5.82 Å². The SMILES string of the molecule is C[C@H](NC1=NC(=O)[C@@](C)(C(C)(F)F)S1)c1ccc(F)cc1. The third-order valence-electron chi connectivity index (χ3n) is 3.46. The fraction of sp³-hybridized carbons (Fsp3) is 0.429. The highest BCUT2D eigenvalue weighted by Gasteiger charge is 2.57. The van der Waals surface area contributed by atoms with E-state index in [2.05, 4.69) is 10.3 Å². The maximum absolute atomic E-state index is 13.6. The zero-order valence-electron chi connectivity index (χ0n) is 11.8. The molecule has 1 amide bonds. The number of rotatable bonds is 3. The van der Waals surface area contributed by atoms with E-state index in [0.717, 1.165) is 17.3 Å². The van der Waals surface area contributed by atoms with Gasteiger partial charge in [0.25, 0.3) is 11.8 Å². The summed E-state index contributed by atoms with van der Waals surface area (Å²) in [7, 11) is 0. The average Bonchev–Trinajstić information content (AvgIpc) is 2.66. The standard InChI is InChI=1S/C14H15F3N2OS/c1-8(9-4-6-10(15)7-5-9)18-12-19-11(20)13(2,21-12)14(3,16)17/h4-8H,1-3H3,(H,18,19,20)/t8-,13-/m0/s1. The summed E-state index contributed by atoms with van der Waals surface area (Å²) in [6.45, 7) is 3.67. The smallest absolute Gasteiger partial charge is 0.270 e. The highest BCUT2D eigenvalue weighted by molar-refractivity contribution is 8.16. The molecule has 114 valence electrons. The minimum absolute atomic E-state index is 0.154. The molecule has 0 bridgehead atoms. The molecule has 2 atom stereocenters. The molecule has 1 aliphatic heterocycles. The molecule has 3 nitrogen and oxygen atoms in total. The van der Waals surface area contributed by atoms with Crippen LogP contribution in [0.4, 0.5) is 13.2 Å². The van der Waals surface area contributed by atoms with Gasteiger partial charge in [0, 0.05) is 6.92 Å². The van der Waals surface area contributed by atoms with Gasteiger partial charge in [-0.1, -0.05) is 23.9 Å². The van der Waals surface area contributed by atoms with Gasteiger partial charge in [-0.05, 0) is 31.5 Å². The lowest BCUT2D eigenvalue weighted by atomic mass is 10.0. The molecule has 0 spiro atoms. The van der Waals surface area contributed by atoms with E-state index in [9.17, 15) is 18.0 Å². The van der Waals surface area contributed by atoms with Gasteiger partial charge in [-0.3, -0.25) is 4.79 Å². The quantitative estimate of drug-likeness (QED) is 0.927. The van der Waals surface area contributed by atoms with Crippen LogP contribution in [0.3, 0.4) is 0 Å². The number of benzene rings is 1. The monoisotopic (exact) mass is 316 g/mol. The second-order valence-electron chi connectivity index (χ2n) is 5.16. The average molecular weight is 316 g/mol. The van der Waals surface area contributed by atoms with E-state index in [4.69, 9.17) is 0 Å². The van der Waals surface area contributed by atoms with Gasteiger partial charge >= 0.3 is 0 Å². The van der Waals surface area contributed by atoms with Crippen molar-refractivity contribution in [1.29, 1.82) is 0 Å². The molecule has 1 aliphatic rings. The van der Waals surface area contributed by atoms with Gasteiger partial charge in [0.05, 0.1) is 6.04 Å². The Morgan fingerprint density at radius 3 is 2.38 bits per heavy atom. The van der Waals surface area contributed by atoms with Crippen LogP contribution in [0.25, 0.3) is 0 Å². The Kier molecular flexibility index (Phi) is 4.06. The number of hydrogen-bond donors (Lipinski definition) is 1. The Morgan fingerprint density at radius 1 is 1.33 bits per heavy atom. The summed E-state index contributed by atoms with van der Waals surface area (Å²) in [5, 5.41) is 3.06. The van der Waals surface area contributed by atoms with E-state index in [-0.39, 0.29) is 17.0 Å². The summed E-state index contributed by atoms with van der Waals surface area (Å²) in [5.74, 6) is -4.39. The van der Waals surface area contributed by atoms with Crippen molar-refractivity contribution in [3.8, 4) is 0 Å². The predicted octanol–water partition coefficient (Wildman–Crippen LogP) is 3.52. The van der Waals surface area contributed by atoms with Crippen LogP contribution in [-0.4, -0.2) is 21.7 Å². The number of carbonyl (C=O) groups excluding carboxylic acids is 1. The third kappa shape index (κ3) is 3.07. The Hall–Kier alpha value is -1.50. The lowest BCUT2D eigenvalue weighted by Crippen LogP contribution is -2.45. The maximum atomic E-state index is 13.6. The predicted molar refractivity (Wildman–Crippen MR) is 77.0 cm³/mol. The first kappa shape index (κ1) is 15.9. The van der Waals surface area contributed by atoms with Crippen molar-refractivity contribution >= 4 is 22.8 Å². The molecule has 0 fully saturated rings. The molecule has 21 heavy (non-hydrogen) atoms. The largest absolute Gasteiger partial charge is 0.358 e. The first-order valence-electron chi connectivity index (χ1n) is 6.35. The molecule has 0 unspecified atom stereocenters. The topological polar surface area (TPSA) is 41.5 Å². The second kappa shape index (κ2) is 5.36. The normalized spacial score (nSPS) is 23.9. The summed E-state index contributed by atoms with van der Waals surface area (Å²) in [6, 6.07) is 5.52. The second-order valence-corrected chi connectivity index (χ2v) is 6.57. The van der Waals surface area contributed by atoms with Gasteiger partial charge in [0.15, 0.2) is 9.91 Å². The summed E-state index contributed by atoms with van der Waals surface area (Å²) in [4.78, 5) is 15.4. The van der Waals surface area contributed by atoms with E-state index in [1.54, 1.807) is 19.1 Å². The van der Waals surface area contributed by atoms with Crippen LogP contribution < -0.4 is 5.32 Å². The van der Waals surface area contributed by atoms with Crippen LogP contribution in [0.5, 0.6) is 0 Å². The van der Waals surface area contributed by atoms with Crippen molar-refractivity contribution in [2.45, 2.75) is 37.5 Å². The van der Waals surface area contributed by atoms with Crippen LogP contribution in [0.15, 0.2) is 29.3 Å². The fourth-order valence-corrected chi connectivity index (χ4v) is 2.88. The first-order valence-corrected chi connectivity index (χ1v) is 7.17. The van der Waals surface area contributed by atoms with E-state index < -0.39 is 16.6 Å². The molecule has 0 saturated carbocycles. The zero-order chi connectivity index (χ0) is 15.8. The van der Waals surface area contributed by atoms with Crippen molar-refractivity contribution in [2.75, 3.05) is 0 Å². The van der Waals surface area contributed by atoms with Crippen molar-refractivity contribution in [3.63, 3.8) is 0 Å². The lowest BCUT2D eigenvalue weighted by Gasteiger charge is -2.27. The zero-order valence-corrected chi connectivity index (χ0v) is 12.6. The Labute approximate surface area is 125 Å². The van der Waals surface area contributed by atoms with Gasteiger partial charge in [0.1, 0.15) is 5.82 Å². The molecule has 1 aromatic carbocycles. The van der Waals surface area contributed by atoms with Crippen LogP contribution in [0.1, 0.15) is 32.4 Å². The molecule has 1 heterocycles. The van der Waals surface area contributed by atoms with Crippen LogP contribution in [-0.2, 0) is 4.79 Å². The van der Waals surface area contributed by atoms with Crippen LogP contribution in [0.2, 0.25) is 0 Å². The molecule has 0 aromatic heterocycles. The summed E-state index contributed by atoms with van der Waals surface area (Å²) < 4.78 is 38.1. The summed E-state index contributed by atoms with van der Waals surface area (Å²) in [5.41, 5.74) is 0.768. The van der Waals surface area contributed by atoms with Crippen molar-refractivity contribution in [3.05, 3.63) is 35.6 Å². The summed E-state index contributed by atoms with van der Waals surface area (Å²) in [6.07, 6.45) is 0. The molecule has 1 aromatic rings. The molecular formula is C14H15F3N2OS. The number of amidine groups is 1. The molecule has 7 heteroatoms. The van der Waals surface area contributed by atoms with Crippen molar-refractivity contribution in [1.82, 2.24) is 5.32 Å². The van der Waals surface area contributed by atoms with E-state index in [1.165, 1.54) is 19.1 Å². The molecule has 0 saturated heterocycles. The number of halogens is 3. The fourth-order valence-electron chi connectivity index (χ4n) is 1.82. The number of nitrogens with one attached hydrogen (secondary N) is 1. The first-order chi connectivity index (χ1) is 9.63. The highest BCUT2D eigenvalue weighted by atomic mass is 32.2. The van der Waals surface area contributed by atoms with E-state index >= 15 is 0 Å². The van der Waals surface area contributed by atoms with E-state index in [0.29, 0.717) is 6.92 Å². The maximum Gasteiger partial charge on any atom is 0.270 e. The Morgan fingerprint density at radius 2 is 1.90 bits per heavy atom. The third-order valence-corrected chi connectivity index (χ3v) is 4.80. The number of aliphatic imine (C=N–C) groups is 1. The molecule has 2 rings (SSSR count).